The maximum Gasteiger partial charge on any atom is 0.305 e. The number of carbonyl (C=O) groups excluding carboxylic acids is 3. The molecule has 0 bridgehead atoms. The summed E-state index contributed by atoms with van der Waals surface area (Å²) in [6.45, 7) is 0.181. The molecule has 2 aromatic carbocycles. The molecule has 2 aliphatic rings. The summed E-state index contributed by atoms with van der Waals surface area (Å²) in [4.78, 5) is 53.3. The summed E-state index contributed by atoms with van der Waals surface area (Å²) in [5.41, 5.74) is 0.386. The number of nitrogens with one attached hydrogen (secondary N) is 1. The first-order valence-corrected chi connectivity index (χ1v) is 10.9. The first-order chi connectivity index (χ1) is 16.2. The van der Waals surface area contributed by atoms with E-state index in [-0.39, 0.29) is 30.5 Å². The van der Waals surface area contributed by atoms with Crippen molar-refractivity contribution >= 4 is 23.7 Å². The largest absolute Gasteiger partial charge is 0.481 e. The third-order valence-corrected chi connectivity index (χ3v) is 5.92. The summed E-state index contributed by atoms with van der Waals surface area (Å²) < 4.78 is 27.1. The molecule has 0 aromatic heterocycles. The summed E-state index contributed by atoms with van der Waals surface area (Å²) in [7, 11) is 0. The van der Waals surface area contributed by atoms with Gasteiger partial charge in [-0.15, -0.1) is 0 Å². The van der Waals surface area contributed by atoms with Crippen LogP contribution in [0.25, 0.3) is 0 Å². The van der Waals surface area contributed by atoms with Crippen LogP contribution < -0.4 is 5.32 Å². The number of carboxylic acid groups (broad SMARTS) is 1. The minimum absolute atomic E-state index is 0.0270. The number of aliphatic carboxylic acids is 1. The highest BCUT2D eigenvalue weighted by molar-refractivity contribution is 5.99. The minimum atomic E-state index is -1.32. The molecule has 1 aliphatic heterocycles. The average molecular weight is 471 g/mol. The molecule has 2 fully saturated rings. The Kier molecular flexibility index (Phi) is 6.58. The molecule has 0 radical (unpaired) electrons. The highest BCUT2D eigenvalue weighted by Gasteiger charge is 2.47. The van der Waals surface area contributed by atoms with Crippen molar-refractivity contribution in [2.45, 2.75) is 31.5 Å². The van der Waals surface area contributed by atoms with E-state index in [4.69, 9.17) is 0 Å². The lowest BCUT2D eigenvalue weighted by Crippen LogP contribution is -2.54. The Morgan fingerprint density at radius 3 is 2.26 bits per heavy atom. The smallest absolute Gasteiger partial charge is 0.305 e. The predicted octanol–water partition coefficient (Wildman–Crippen LogP) is 2.32. The summed E-state index contributed by atoms with van der Waals surface area (Å²) in [6.07, 6.45) is -0.420. The van der Waals surface area contributed by atoms with E-state index in [0.29, 0.717) is 18.4 Å². The quantitative estimate of drug-likeness (QED) is 0.645. The molecular weight excluding hydrogens is 448 g/mol. The van der Waals surface area contributed by atoms with Crippen molar-refractivity contribution in [1.82, 2.24) is 15.1 Å². The molecule has 8 nitrogen and oxygen atoms in total. The summed E-state index contributed by atoms with van der Waals surface area (Å²) in [5.74, 6) is -4.17. The predicted molar refractivity (Wildman–Crippen MR) is 115 cm³/mol. The van der Waals surface area contributed by atoms with E-state index >= 15 is 0 Å². The number of rotatable bonds is 7. The van der Waals surface area contributed by atoms with Crippen molar-refractivity contribution in [3.8, 4) is 0 Å². The van der Waals surface area contributed by atoms with Crippen molar-refractivity contribution < 1.29 is 33.1 Å². The molecule has 178 valence electrons. The van der Waals surface area contributed by atoms with E-state index in [1.54, 1.807) is 0 Å². The number of benzene rings is 2. The van der Waals surface area contributed by atoms with Crippen LogP contribution in [0.4, 0.5) is 8.78 Å². The molecule has 1 heterocycles. The van der Waals surface area contributed by atoms with Crippen LogP contribution in [-0.2, 0) is 14.4 Å². The van der Waals surface area contributed by atoms with Gasteiger partial charge in [0, 0.05) is 24.6 Å². The van der Waals surface area contributed by atoms with E-state index in [1.165, 1.54) is 40.1 Å². The van der Waals surface area contributed by atoms with Gasteiger partial charge in [-0.25, -0.2) is 8.78 Å². The van der Waals surface area contributed by atoms with E-state index in [0.717, 1.165) is 18.2 Å². The number of hydrogen-bond donors (Lipinski definition) is 2. The fourth-order valence-corrected chi connectivity index (χ4v) is 4.08. The van der Waals surface area contributed by atoms with Gasteiger partial charge in [-0.2, -0.15) is 0 Å². The maximum absolute atomic E-state index is 13.7. The monoisotopic (exact) mass is 471 g/mol. The maximum atomic E-state index is 13.7. The van der Waals surface area contributed by atoms with Gasteiger partial charge in [-0.3, -0.25) is 19.2 Å². The number of nitrogens with zero attached hydrogens (tertiary/aromatic N) is 2. The molecule has 2 N–H and O–H groups in total. The number of halogens is 2. The third-order valence-electron chi connectivity index (χ3n) is 5.92. The van der Waals surface area contributed by atoms with Crippen LogP contribution in [0.5, 0.6) is 0 Å². The number of hydrogen-bond acceptors (Lipinski definition) is 4. The fraction of sp³-hybridized carbons (Fsp3) is 0.333. The normalized spacial score (nSPS) is 18.5. The molecule has 0 spiro atoms. The number of carbonyl (C=O) groups is 4. The van der Waals surface area contributed by atoms with Gasteiger partial charge in [-0.05, 0) is 48.7 Å². The molecule has 34 heavy (non-hydrogen) atoms. The van der Waals surface area contributed by atoms with Gasteiger partial charge in [-0.1, -0.05) is 18.2 Å². The van der Waals surface area contributed by atoms with Gasteiger partial charge in [0.1, 0.15) is 11.6 Å². The minimum Gasteiger partial charge on any atom is -0.481 e. The molecule has 10 heteroatoms. The SMILES string of the molecule is O=C(O)CC(NC(=O)C1N(C(=O)c2cccc(F)c2)CCN1C(=O)C1CC1)c1ccc(F)cc1. The van der Waals surface area contributed by atoms with Gasteiger partial charge < -0.3 is 20.2 Å². The van der Waals surface area contributed by atoms with Gasteiger partial charge in [0.05, 0.1) is 12.5 Å². The molecule has 4 rings (SSSR count). The number of carboxylic acids is 1. The topological polar surface area (TPSA) is 107 Å². The van der Waals surface area contributed by atoms with E-state index in [2.05, 4.69) is 5.32 Å². The Labute approximate surface area is 194 Å². The van der Waals surface area contributed by atoms with Crippen molar-refractivity contribution in [3.05, 3.63) is 71.3 Å². The van der Waals surface area contributed by atoms with Crippen molar-refractivity contribution in [1.29, 1.82) is 0 Å². The summed E-state index contributed by atoms with van der Waals surface area (Å²) in [5, 5.41) is 11.9. The second kappa shape index (κ2) is 9.58. The van der Waals surface area contributed by atoms with Gasteiger partial charge in [0.2, 0.25) is 5.91 Å². The van der Waals surface area contributed by atoms with Crippen LogP contribution in [0.2, 0.25) is 0 Å². The van der Waals surface area contributed by atoms with E-state index < -0.39 is 48.0 Å². The summed E-state index contributed by atoms with van der Waals surface area (Å²) in [6, 6.07) is 9.03. The zero-order valence-electron chi connectivity index (χ0n) is 18.1. The molecule has 2 atom stereocenters. The Morgan fingerprint density at radius 2 is 1.65 bits per heavy atom. The molecule has 2 aromatic rings. The Morgan fingerprint density at radius 1 is 0.971 bits per heavy atom. The van der Waals surface area contributed by atoms with Crippen molar-refractivity contribution in [2.75, 3.05) is 13.1 Å². The van der Waals surface area contributed by atoms with Gasteiger partial charge >= 0.3 is 5.97 Å². The molecule has 1 saturated heterocycles. The molecule has 1 aliphatic carbocycles. The standard InChI is InChI=1S/C24H23F2N3O5/c25-17-8-6-14(7-9-17)19(13-20(30)31)27-21(32)22-28(23(33)15-4-5-15)10-11-29(22)24(34)16-2-1-3-18(26)12-16/h1-3,6-9,12,15,19,22H,4-5,10-11,13H2,(H,27,32)(H,30,31). The molecule has 2 unspecified atom stereocenters. The average Bonchev–Trinajstić information content (AvgIpc) is 3.56. The van der Waals surface area contributed by atoms with Crippen LogP contribution in [-0.4, -0.2) is 57.9 Å². The zero-order chi connectivity index (χ0) is 24.4. The van der Waals surface area contributed by atoms with Gasteiger partial charge in [0.25, 0.3) is 11.8 Å². The highest BCUT2D eigenvalue weighted by atomic mass is 19.1. The lowest BCUT2D eigenvalue weighted by Gasteiger charge is -2.31. The van der Waals surface area contributed by atoms with Crippen LogP contribution >= 0.6 is 0 Å². The third kappa shape index (κ3) is 5.05. The first kappa shape index (κ1) is 23.3. The zero-order valence-corrected chi connectivity index (χ0v) is 18.1. The summed E-state index contributed by atoms with van der Waals surface area (Å²) >= 11 is 0. The highest BCUT2D eigenvalue weighted by Crippen LogP contribution is 2.33. The van der Waals surface area contributed by atoms with Crippen molar-refractivity contribution in [2.24, 2.45) is 5.92 Å². The number of amides is 3. The lowest BCUT2D eigenvalue weighted by molar-refractivity contribution is -0.143. The lowest BCUT2D eigenvalue weighted by atomic mass is 10.0. The van der Waals surface area contributed by atoms with Crippen LogP contribution in [0.1, 0.15) is 41.2 Å². The Hall–Kier alpha value is -3.82. The first-order valence-electron chi connectivity index (χ1n) is 10.9. The second-order valence-electron chi connectivity index (χ2n) is 8.40. The van der Waals surface area contributed by atoms with Crippen LogP contribution in [0.15, 0.2) is 48.5 Å². The van der Waals surface area contributed by atoms with Crippen LogP contribution in [0, 0.1) is 17.6 Å². The van der Waals surface area contributed by atoms with E-state index in [1.807, 2.05) is 0 Å². The van der Waals surface area contributed by atoms with Crippen molar-refractivity contribution in [3.63, 3.8) is 0 Å². The van der Waals surface area contributed by atoms with E-state index in [9.17, 15) is 33.1 Å². The Balaban J connectivity index is 1.62. The molecule has 1 saturated carbocycles. The molecular formula is C24H23F2N3O5. The van der Waals surface area contributed by atoms with Crippen LogP contribution in [0.3, 0.4) is 0 Å². The second-order valence-corrected chi connectivity index (χ2v) is 8.40. The van der Waals surface area contributed by atoms with Gasteiger partial charge in [0.15, 0.2) is 6.17 Å². The molecule has 3 amide bonds. The fourth-order valence-electron chi connectivity index (χ4n) is 4.08. The Bertz CT molecular complexity index is 1120.